The average Bonchev–Trinajstić information content (AvgIpc) is 3.16. The number of benzene rings is 1. The summed E-state index contributed by atoms with van der Waals surface area (Å²) in [6, 6.07) is 7.19. The minimum Gasteiger partial charge on any atom is -0.465 e. The van der Waals surface area contributed by atoms with E-state index in [4.69, 9.17) is 5.73 Å². The van der Waals surface area contributed by atoms with Crippen LogP contribution in [0.2, 0.25) is 0 Å². The van der Waals surface area contributed by atoms with Gasteiger partial charge in [-0.3, -0.25) is 9.48 Å². The summed E-state index contributed by atoms with van der Waals surface area (Å²) in [5, 5.41) is 17.4. The number of carbonyl (C=O) groups excluding carboxylic acids is 1. The first kappa shape index (κ1) is 17.2. The molecule has 1 aliphatic heterocycles. The fraction of sp³-hybridized carbons (Fsp3) is 0.471. The van der Waals surface area contributed by atoms with Gasteiger partial charge in [-0.2, -0.15) is 5.10 Å². The third kappa shape index (κ3) is 3.17. The fourth-order valence-corrected chi connectivity index (χ4v) is 3.38. The van der Waals surface area contributed by atoms with Crippen LogP contribution in [0.4, 0.5) is 4.79 Å². The van der Waals surface area contributed by atoms with Gasteiger partial charge in [0.1, 0.15) is 0 Å². The molecule has 4 N–H and O–H groups in total. The van der Waals surface area contributed by atoms with Crippen molar-refractivity contribution < 1.29 is 14.7 Å². The van der Waals surface area contributed by atoms with E-state index in [1.807, 2.05) is 42.8 Å². The van der Waals surface area contributed by atoms with Gasteiger partial charge in [0.25, 0.3) is 5.91 Å². The maximum absolute atomic E-state index is 12.7. The molecule has 0 saturated carbocycles. The Bertz CT molecular complexity index is 801. The number of amides is 2. The molecule has 8 nitrogen and oxygen atoms in total. The summed E-state index contributed by atoms with van der Waals surface area (Å²) in [5.41, 5.74) is 6.91. The van der Waals surface area contributed by atoms with Gasteiger partial charge in [0.05, 0.1) is 5.52 Å². The Kier molecular flexibility index (Phi) is 4.63. The van der Waals surface area contributed by atoms with Crippen molar-refractivity contribution in [3.8, 4) is 0 Å². The summed E-state index contributed by atoms with van der Waals surface area (Å²) in [6.07, 6.45) is -0.501. The Morgan fingerprint density at radius 1 is 1.40 bits per heavy atom. The predicted octanol–water partition coefficient (Wildman–Crippen LogP) is 1.43. The molecule has 2 aromatic rings. The number of rotatable bonds is 4. The molecule has 0 spiro atoms. The van der Waals surface area contributed by atoms with Crippen molar-refractivity contribution in [1.82, 2.24) is 20.0 Å². The second-order valence-corrected chi connectivity index (χ2v) is 6.63. The number of nitrogens with zero attached hydrogens (tertiary/aromatic N) is 3. The van der Waals surface area contributed by atoms with Gasteiger partial charge < -0.3 is 21.1 Å². The third-order valence-electron chi connectivity index (χ3n) is 4.59. The maximum atomic E-state index is 12.7. The Labute approximate surface area is 145 Å². The van der Waals surface area contributed by atoms with E-state index in [0.29, 0.717) is 12.1 Å². The molecule has 0 unspecified atom stereocenters. The van der Waals surface area contributed by atoms with Gasteiger partial charge >= 0.3 is 6.09 Å². The van der Waals surface area contributed by atoms with Crippen LogP contribution in [0.3, 0.4) is 0 Å². The van der Waals surface area contributed by atoms with Crippen LogP contribution in [0.15, 0.2) is 24.3 Å². The zero-order chi connectivity index (χ0) is 18.1. The van der Waals surface area contributed by atoms with Crippen molar-refractivity contribution >= 4 is 22.9 Å². The zero-order valence-electron chi connectivity index (χ0n) is 14.3. The Balaban J connectivity index is 1.83. The molecule has 3 rings (SSSR count). The fourth-order valence-electron chi connectivity index (χ4n) is 3.38. The highest BCUT2D eigenvalue weighted by molar-refractivity contribution is 6.05. The molecular formula is C17H23N5O3. The van der Waals surface area contributed by atoms with E-state index < -0.39 is 6.09 Å². The molecule has 134 valence electrons. The van der Waals surface area contributed by atoms with E-state index >= 15 is 0 Å². The van der Waals surface area contributed by atoms with Crippen LogP contribution in [0.25, 0.3) is 10.9 Å². The molecule has 25 heavy (non-hydrogen) atoms. The van der Waals surface area contributed by atoms with Crippen molar-refractivity contribution in [3.05, 3.63) is 30.0 Å². The SMILES string of the molecule is CC(C)n1nc(C(=O)N[C@H]2C[C@@H](CN)N(C(=O)O)C2)c2ccccc21. The topological polar surface area (TPSA) is 113 Å². The number of hydrogen-bond acceptors (Lipinski definition) is 4. The lowest BCUT2D eigenvalue weighted by molar-refractivity contribution is 0.0931. The van der Waals surface area contributed by atoms with Crippen LogP contribution in [0.5, 0.6) is 0 Å². The molecule has 0 radical (unpaired) electrons. The average molecular weight is 345 g/mol. The summed E-state index contributed by atoms with van der Waals surface area (Å²) in [4.78, 5) is 25.3. The quantitative estimate of drug-likeness (QED) is 0.776. The van der Waals surface area contributed by atoms with E-state index in [1.54, 1.807) is 0 Å². The van der Waals surface area contributed by atoms with E-state index in [-0.39, 0.29) is 37.1 Å². The van der Waals surface area contributed by atoms with Crippen molar-refractivity contribution in [1.29, 1.82) is 0 Å². The predicted molar refractivity (Wildman–Crippen MR) is 93.6 cm³/mol. The number of nitrogens with one attached hydrogen (secondary N) is 1. The van der Waals surface area contributed by atoms with Gasteiger partial charge in [-0.1, -0.05) is 18.2 Å². The Hall–Kier alpha value is -2.61. The summed E-state index contributed by atoms with van der Waals surface area (Å²) in [6.45, 7) is 4.50. The lowest BCUT2D eigenvalue weighted by Gasteiger charge is -2.18. The summed E-state index contributed by atoms with van der Waals surface area (Å²) in [7, 11) is 0. The molecule has 0 aliphatic carbocycles. The normalized spacial score (nSPS) is 20.4. The molecule has 1 aliphatic rings. The van der Waals surface area contributed by atoms with Crippen LogP contribution >= 0.6 is 0 Å². The highest BCUT2D eigenvalue weighted by Gasteiger charge is 2.35. The van der Waals surface area contributed by atoms with Gasteiger partial charge in [-0.05, 0) is 26.3 Å². The van der Waals surface area contributed by atoms with Crippen LogP contribution in [0.1, 0.15) is 36.8 Å². The first-order valence-electron chi connectivity index (χ1n) is 8.40. The minimum atomic E-state index is -1.01. The Morgan fingerprint density at radius 3 is 2.72 bits per heavy atom. The number of carboxylic acid groups (broad SMARTS) is 1. The van der Waals surface area contributed by atoms with E-state index in [2.05, 4.69) is 10.4 Å². The van der Waals surface area contributed by atoms with Gasteiger partial charge in [0.15, 0.2) is 5.69 Å². The number of aromatic nitrogens is 2. The molecule has 1 aromatic carbocycles. The monoisotopic (exact) mass is 345 g/mol. The van der Waals surface area contributed by atoms with Crippen LogP contribution in [-0.2, 0) is 0 Å². The number of para-hydroxylation sites is 1. The summed E-state index contributed by atoms with van der Waals surface area (Å²) >= 11 is 0. The molecule has 8 heteroatoms. The molecule has 1 aromatic heterocycles. The van der Waals surface area contributed by atoms with Crippen molar-refractivity contribution in [2.75, 3.05) is 13.1 Å². The van der Waals surface area contributed by atoms with Crippen LogP contribution in [0, 0.1) is 0 Å². The third-order valence-corrected chi connectivity index (χ3v) is 4.59. The molecule has 2 amide bonds. The smallest absolute Gasteiger partial charge is 0.407 e. The number of nitrogens with two attached hydrogens (primary N) is 1. The zero-order valence-corrected chi connectivity index (χ0v) is 14.3. The number of carbonyl (C=O) groups is 2. The lowest BCUT2D eigenvalue weighted by Crippen LogP contribution is -2.40. The van der Waals surface area contributed by atoms with Gasteiger partial charge in [-0.25, -0.2) is 4.79 Å². The highest BCUT2D eigenvalue weighted by Crippen LogP contribution is 2.23. The van der Waals surface area contributed by atoms with E-state index in [1.165, 1.54) is 4.90 Å². The summed E-state index contributed by atoms with van der Waals surface area (Å²) < 4.78 is 1.82. The lowest BCUT2D eigenvalue weighted by atomic mass is 10.1. The number of hydrogen-bond donors (Lipinski definition) is 3. The number of fused-ring (bicyclic) bond motifs is 1. The van der Waals surface area contributed by atoms with Crippen molar-refractivity contribution in [2.24, 2.45) is 5.73 Å². The molecule has 2 atom stereocenters. The Morgan fingerprint density at radius 2 is 2.12 bits per heavy atom. The maximum Gasteiger partial charge on any atom is 0.407 e. The largest absolute Gasteiger partial charge is 0.465 e. The molecule has 1 saturated heterocycles. The second kappa shape index (κ2) is 6.72. The minimum absolute atomic E-state index is 0.127. The van der Waals surface area contributed by atoms with Crippen LogP contribution in [-0.4, -0.2) is 57.0 Å². The molecule has 0 bridgehead atoms. The molecule has 1 fully saturated rings. The molecular weight excluding hydrogens is 322 g/mol. The number of likely N-dealkylation sites (tertiary alicyclic amines) is 1. The summed E-state index contributed by atoms with van der Waals surface area (Å²) in [5.74, 6) is -0.288. The van der Waals surface area contributed by atoms with Gasteiger partial charge in [0, 0.05) is 36.6 Å². The first-order chi connectivity index (χ1) is 11.9. The molecule has 2 heterocycles. The van der Waals surface area contributed by atoms with Crippen molar-refractivity contribution in [3.63, 3.8) is 0 Å². The second-order valence-electron chi connectivity index (χ2n) is 6.63. The van der Waals surface area contributed by atoms with Gasteiger partial charge in [-0.15, -0.1) is 0 Å². The van der Waals surface area contributed by atoms with Crippen LogP contribution < -0.4 is 11.1 Å². The highest BCUT2D eigenvalue weighted by atomic mass is 16.4. The first-order valence-corrected chi connectivity index (χ1v) is 8.40. The van der Waals surface area contributed by atoms with E-state index in [0.717, 1.165) is 10.9 Å². The van der Waals surface area contributed by atoms with E-state index in [9.17, 15) is 14.7 Å². The standard InChI is InChI=1S/C17H23N5O3/c1-10(2)22-14-6-4-3-5-13(14)15(20-22)16(23)19-11-7-12(8-18)21(9-11)17(24)25/h3-6,10-12H,7-9,18H2,1-2H3,(H,19,23)(H,24,25)/t11-,12-/m0/s1. The van der Waals surface area contributed by atoms with Crippen molar-refractivity contribution in [2.45, 2.75) is 38.4 Å². The van der Waals surface area contributed by atoms with Gasteiger partial charge in [0.2, 0.25) is 0 Å².